The zero-order valence-electron chi connectivity index (χ0n) is 15.2. The summed E-state index contributed by atoms with van der Waals surface area (Å²) in [5.74, 6) is 2.64. The maximum Gasteiger partial charge on any atom is 0.194 e. The highest BCUT2D eigenvalue weighted by molar-refractivity contribution is 5.80. The first-order chi connectivity index (χ1) is 12.3. The lowest BCUT2D eigenvalue weighted by Crippen LogP contribution is -2.45. The van der Waals surface area contributed by atoms with Crippen LogP contribution in [0.1, 0.15) is 31.2 Å². The molecule has 1 aliphatic rings. The lowest BCUT2D eigenvalue weighted by Gasteiger charge is -2.34. The lowest BCUT2D eigenvalue weighted by atomic mass is 9.90. The third kappa shape index (κ3) is 4.81. The normalized spacial score (nSPS) is 16.2. The van der Waals surface area contributed by atoms with Gasteiger partial charge in [-0.05, 0) is 37.7 Å². The number of piperidine rings is 1. The molecule has 0 bridgehead atoms. The minimum atomic E-state index is 0.558. The number of aryl methyl sites for hydroxylation is 1. The van der Waals surface area contributed by atoms with Gasteiger partial charge in [0.05, 0.1) is 0 Å². The second-order valence-corrected chi connectivity index (χ2v) is 6.65. The molecule has 0 amide bonds. The number of guanidine groups is 1. The SMILES string of the molecule is CCNC(=NCc1nncn1C)N1CCC(Cc2ccccc2)CC1. The fourth-order valence-corrected chi connectivity index (χ4v) is 3.32. The average Bonchev–Trinajstić information content (AvgIpc) is 3.05. The van der Waals surface area contributed by atoms with Crippen LogP contribution >= 0.6 is 0 Å². The van der Waals surface area contributed by atoms with E-state index in [9.17, 15) is 0 Å². The summed E-state index contributed by atoms with van der Waals surface area (Å²) >= 11 is 0. The fourth-order valence-electron chi connectivity index (χ4n) is 3.32. The van der Waals surface area contributed by atoms with Crippen LogP contribution in [0, 0.1) is 5.92 Å². The number of hydrogen-bond acceptors (Lipinski definition) is 3. The van der Waals surface area contributed by atoms with Gasteiger partial charge in [-0.1, -0.05) is 30.3 Å². The Hall–Kier alpha value is -2.37. The van der Waals surface area contributed by atoms with Crippen LogP contribution in [0.4, 0.5) is 0 Å². The lowest BCUT2D eigenvalue weighted by molar-refractivity contribution is 0.259. The van der Waals surface area contributed by atoms with E-state index in [1.807, 2.05) is 11.6 Å². The van der Waals surface area contributed by atoms with Crippen LogP contribution in [-0.4, -0.2) is 45.3 Å². The number of nitrogens with zero attached hydrogens (tertiary/aromatic N) is 5. The Morgan fingerprint density at radius 1 is 1.24 bits per heavy atom. The van der Waals surface area contributed by atoms with E-state index >= 15 is 0 Å². The molecule has 6 heteroatoms. The van der Waals surface area contributed by atoms with Crippen LogP contribution in [-0.2, 0) is 20.0 Å². The molecular weight excluding hydrogens is 312 g/mol. The van der Waals surface area contributed by atoms with Gasteiger partial charge in [-0.3, -0.25) is 0 Å². The van der Waals surface area contributed by atoms with E-state index in [-0.39, 0.29) is 0 Å². The first-order valence-electron chi connectivity index (χ1n) is 9.16. The van der Waals surface area contributed by atoms with E-state index in [1.165, 1.54) is 24.8 Å². The van der Waals surface area contributed by atoms with E-state index in [2.05, 4.69) is 57.7 Å². The number of nitrogens with one attached hydrogen (secondary N) is 1. The van der Waals surface area contributed by atoms with Crippen LogP contribution in [0.5, 0.6) is 0 Å². The Kier molecular flexibility index (Phi) is 6.04. The van der Waals surface area contributed by atoms with Crippen molar-refractivity contribution in [3.8, 4) is 0 Å². The molecule has 1 aliphatic heterocycles. The van der Waals surface area contributed by atoms with Gasteiger partial charge >= 0.3 is 0 Å². The maximum absolute atomic E-state index is 4.76. The Morgan fingerprint density at radius 2 is 2.00 bits per heavy atom. The smallest absolute Gasteiger partial charge is 0.194 e. The van der Waals surface area contributed by atoms with E-state index in [4.69, 9.17) is 4.99 Å². The zero-order valence-corrected chi connectivity index (χ0v) is 15.2. The number of benzene rings is 1. The van der Waals surface area contributed by atoms with Gasteiger partial charge in [0.15, 0.2) is 11.8 Å². The van der Waals surface area contributed by atoms with Crippen LogP contribution in [0.25, 0.3) is 0 Å². The van der Waals surface area contributed by atoms with Gasteiger partial charge in [0.25, 0.3) is 0 Å². The number of rotatable bonds is 5. The third-order valence-corrected chi connectivity index (χ3v) is 4.79. The highest BCUT2D eigenvalue weighted by Crippen LogP contribution is 2.21. The minimum absolute atomic E-state index is 0.558. The predicted molar refractivity (Wildman–Crippen MR) is 100 cm³/mol. The zero-order chi connectivity index (χ0) is 17.5. The Morgan fingerprint density at radius 3 is 2.64 bits per heavy atom. The number of aromatic nitrogens is 3. The van der Waals surface area contributed by atoms with Crippen LogP contribution in [0.2, 0.25) is 0 Å². The Balaban J connectivity index is 1.56. The van der Waals surface area contributed by atoms with Gasteiger partial charge in [0.2, 0.25) is 0 Å². The highest BCUT2D eigenvalue weighted by atomic mass is 15.3. The molecule has 1 aromatic heterocycles. The molecule has 0 aliphatic carbocycles. The van der Waals surface area contributed by atoms with Gasteiger partial charge in [-0.2, -0.15) is 0 Å². The average molecular weight is 340 g/mol. The molecule has 0 saturated carbocycles. The number of hydrogen-bond donors (Lipinski definition) is 1. The molecule has 1 saturated heterocycles. The summed E-state index contributed by atoms with van der Waals surface area (Å²) in [5.41, 5.74) is 1.45. The van der Waals surface area contributed by atoms with Crippen LogP contribution < -0.4 is 5.32 Å². The molecule has 1 aromatic carbocycles. The molecule has 2 aromatic rings. The van der Waals surface area contributed by atoms with Crippen LogP contribution in [0.3, 0.4) is 0 Å². The fraction of sp³-hybridized carbons (Fsp3) is 0.526. The second-order valence-electron chi connectivity index (χ2n) is 6.65. The van der Waals surface area contributed by atoms with E-state index < -0.39 is 0 Å². The maximum atomic E-state index is 4.76. The molecule has 134 valence electrons. The summed E-state index contributed by atoms with van der Waals surface area (Å²) in [6.45, 7) is 5.66. The second kappa shape index (κ2) is 8.65. The molecule has 25 heavy (non-hydrogen) atoms. The van der Waals surface area contributed by atoms with Crippen molar-refractivity contribution >= 4 is 5.96 Å². The molecule has 1 N–H and O–H groups in total. The van der Waals surface area contributed by atoms with Crippen molar-refractivity contribution in [2.75, 3.05) is 19.6 Å². The molecule has 0 atom stereocenters. The molecule has 0 radical (unpaired) electrons. The summed E-state index contributed by atoms with van der Waals surface area (Å²) in [7, 11) is 1.95. The topological polar surface area (TPSA) is 58.3 Å². The Bertz CT molecular complexity index is 670. The first kappa shape index (κ1) is 17.5. The molecule has 6 nitrogen and oxygen atoms in total. The van der Waals surface area contributed by atoms with E-state index in [0.29, 0.717) is 6.54 Å². The summed E-state index contributed by atoms with van der Waals surface area (Å²) in [5, 5.41) is 11.4. The molecule has 1 fully saturated rings. The quantitative estimate of drug-likeness (QED) is 0.670. The molecule has 0 spiro atoms. The van der Waals surface area contributed by atoms with Gasteiger partial charge in [0.1, 0.15) is 12.9 Å². The molecule has 3 rings (SSSR count). The van der Waals surface area contributed by atoms with E-state index in [1.54, 1.807) is 6.33 Å². The van der Waals surface area contributed by atoms with Crippen molar-refractivity contribution in [1.82, 2.24) is 25.0 Å². The Labute approximate surface area is 150 Å². The van der Waals surface area contributed by atoms with Gasteiger partial charge in [-0.25, -0.2) is 4.99 Å². The van der Waals surface area contributed by atoms with E-state index in [0.717, 1.165) is 37.3 Å². The van der Waals surface area contributed by atoms with Crippen molar-refractivity contribution in [3.05, 3.63) is 48.0 Å². The molecule has 2 heterocycles. The van der Waals surface area contributed by atoms with Gasteiger partial charge in [0, 0.05) is 26.7 Å². The first-order valence-corrected chi connectivity index (χ1v) is 9.16. The molecular formula is C19H28N6. The minimum Gasteiger partial charge on any atom is -0.357 e. The summed E-state index contributed by atoms with van der Waals surface area (Å²) < 4.78 is 1.92. The van der Waals surface area contributed by atoms with Crippen molar-refractivity contribution in [3.63, 3.8) is 0 Å². The van der Waals surface area contributed by atoms with Crippen molar-refractivity contribution < 1.29 is 0 Å². The molecule has 0 unspecified atom stereocenters. The van der Waals surface area contributed by atoms with Crippen molar-refractivity contribution in [2.45, 2.75) is 32.7 Å². The van der Waals surface area contributed by atoms with Crippen molar-refractivity contribution in [2.24, 2.45) is 18.0 Å². The van der Waals surface area contributed by atoms with Gasteiger partial charge in [-0.15, -0.1) is 10.2 Å². The predicted octanol–water partition coefficient (Wildman–Crippen LogP) is 2.24. The number of likely N-dealkylation sites (tertiary alicyclic amines) is 1. The third-order valence-electron chi connectivity index (χ3n) is 4.79. The van der Waals surface area contributed by atoms with Crippen LogP contribution in [0.15, 0.2) is 41.7 Å². The summed E-state index contributed by atoms with van der Waals surface area (Å²) in [6, 6.07) is 10.8. The standard InChI is InChI=1S/C19H28N6/c1-3-20-19(21-14-18-23-22-15-24(18)2)25-11-9-17(10-12-25)13-16-7-5-4-6-8-16/h4-8,15,17H,3,9-14H2,1-2H3,(H,20,21). The monoisotopic (exact) mass is 340 g/mol. The highest BCUT2D eigenvalue weighted by Gasteiger charge is 2.21. The largest absolute Gasteiger partial charge is 0.357 e. The van der Waals surface area contributed by atoms with Gasteiger partial charge < -0.3 is 14.8 Å². The summed E-state index contributed by atoms with van der Waals surface area (Å²) in [4.78, 5) is 7.13. The number of aliphatic imine (C=N–C) groups is 1. The van der Waals surface area contributed by atoms with Crippen molar-refractivity contribution in [1.29, 1.82) is 0 Å². The summed E-state index contributed by atoms with van der Waals surface area (Å²) in [6.07, 6.45) is 5.32.